The van der Waals surface area contributed by atoms with Crippen molar-refractivity contribution in [2.45, 2.75) is 30.8 Å². The first-order chi connectivity index (χ1) is 12.6. The molecule has 0 amide bonds. The number of likely N-dealkylation sites (tertiary alicyclic amines) is 1. The molecule has 0 aromatic heterocycles. The van der Waals surface area contributed by atoms with E-state index in [0.29, 0.717) is 18.0 Å². The Hall–Kier alpha value is -1.10. The maximum absolute atomic E-state index is 6.59. The Kier molecular flexibility index (Phi) is 5.53. The van der Waals surface area contributed by atoms with E-state index >= 15 is 0 Å². The number of halogens is 2. The van der Waals surface area contributed by atoms with Gasteiger partial charge in [0.15, 0.2) is 0 Å². The highest BCUT2D eigenvalue weighted by Crippen LogP contribution is 2.44. The SMILES string of the molecule is N[C@@H]1CCN(CCN[C@@H]2C[C@H]2c2ccc(-c3cccc(Cl)c3)cc2Cl)C1. The van der Waals surface area contributed by atoms with E-state index in [9.17, 15) is 0 Å². The minimum atomic E-state index is 0.362. The molecule has 2 aromatic carbocycles. The molecule has 0 spiro atoms. The molecule has 138 valence electrons. The molecule has 3 N–H and O–H groups in total. The Morgan fingerprint density at radius 1 is 1.12 bits per heavy atom. The van der Waals surface area contributed by atoms with Crippen molar-refractivity contribution in [2.75, 3.05) is 26.2 Å². The van der Waals surface area contributed by atoms with Gasteiger partial charge in [-0.15, -0.1) is 0 Å². The lowest BCUT2D eigenvalue weighted by atomic mass is 10.0. The molecular weight excluding hydrogens is 365 g/mol. The zero-order valence-corrected chi connectivity index (χ0v) is 16.3. The average molecular weight is 390 g/mol. The summed E-state index contributed by atoms with van der Waals surface area (Å²) in [7, 11) is 0. The number of nitrogens with one attached hydrogen (secondary N) is 1. The number of nitrogens with two attached hydrogens (primary N) is 1. The van der Waals surface area contributed by atoms with Crippen LogP contribution >= 0.6 is 23.2 Å². The minimum absolute atomic E-state index is 0.362. The van der Waals surface area contributed by atoms with E-state index in [1.165, 1.54) is 5.56 Å². The molecule has 1 aliphatic heterocycles. The van der Waals surface area contributed by atoms with Gasteiger partial charge in [-0.3, -0.25) is 0 Å². The summed E-state index contributed by atoms with van der Waals surface area (Å²) >= 11 is 12.7. The number of hydrogen-bond donors (Lipinski definition) is 2. The first-order valence-corrected chi connectivity index (χ1v) is 10.1. The van der Waals surface area contributed by atoms with Crippen LogP contribution in [0.5, 0.6) is 0 Å². The van der Waals surface area contributed by atoms with Crippen molar-refractivity contribution in [1.82, 2.24) is 10.2 Å². The van der Waals surface area contributed by atoms with E-state index in [1.54, 1.807) is 0 Å². The smallest absolute Gasteiger partial charge is 0.0447 e. The Morgan fingerprint density at radius 3 is 2.69 bits per heavy atom. The highest BCUT2D eigenvalue weighted by Gasteiger charge is 2.39. The fourth-order valence-corrected chi connectivity index (χ4v) is 4.42. The Balaban J connectivity index is 1.33. The molecule has 1 saturated heterocycles. The van der Waals surface area contributed by atoms with Crippen molar-refractivity contribution in [3.05, 3.63) is 58.1 Å². The fraction of sp³-hybridized carbons (Fsp3) is 0.429. The van der Waals surface area contributed by atoms with Gasteiger partial charge in [0, 0.05) is 47.7 Å². The van der Waals surface area contributed by atoms with Crippen LogP contribution in [0.15, 0.2) is 42.5 Å². The maximum Gasteiger partial charge on any atom is 0.0447 e. The van der Waals surface area contributed by atoms with Crippen LogP contribution in [0.3, 0.4) is 0 Å². The standard InChI is InChI=1S/C21H25Cl2N3/c22-16-3-1-2-14(10-16)15-4-5-18(20(23)11-15)19-12-21(19)25-7-9-26-8-6-17(24)13-26/h1-5,10-11,17,19,21,25H,6-9,12-13,24H2/t17-,19+,21-/m1/s1. The Labute approximate surface area is 165 Å². The van der Waals surface area contributed by atoms with Crippen molar-refractivity contribution in [1.29, 1.82) is 0 Å². The third kappa shape index (κ3) is 4.24. The third-order valence-electron chi connectivity index (χ3n) is 5.49. The molecule has 3 nitrogen and oxygen atoms in total. The predicted octanol–water partition coefficient (Wildman–Crippen LogP) is 4.14. The van der Waals surface area contributed by atoms with Crippen LogP contribution in [0, 0.1) is 0 Å². The quantitative estimate of drug-likeness (QED) is 0.779. The predicted molar refractivity (Wildman–Crippen MR) is 110 cm³/mol. The lowest BCUT2D eigenvalue weighted by molar-refractivity contribution is 0.331. The van der Waals surface area contributed by atoms with Crippen molar-refractivity contribution in [2.24, 2.45) is 5.73 Å². The summed E-state index contributed by atoms with van der Waals surface area (Å²) in [6, 6.07) is 15.2. The number of hydrogen-bond acceptors (Lipinski definition) is 3. The molecule has 0 unspecified atom stereocenters. The number of benzene rings is 2. The molecule has 1 heterocycles. The topological polar surface area (TPSA) is 41.3 Å². The highest BCUT2D eigenvalue weighted by molar-refractivity contribution is 6.32. The summed E-state index contributed by atoms with van der Waals surface area (Å²) in [4.78, 5) is 2.45. The van der Waals surface area contributed by atoms with Crippen LogP contribution in [-0.4, -0.2) is 43.2 Å². The molecule has 1 aliphatic carbocycles. The van der Waals surface area contributed by atoms with Gasteiger partial charge < -0.3 is 16.0 Å². The Bertz CT molecular complexity index is 780. The van der Waals surface area contributed by atoms with Crippen molar-refractivity contribution in [3.8, 4) is 11.1 Å². The lowest BCUT2D eigenvalue weighted by Gasteiger charge is -2.15. The molecule has 0 radical (unpaired) electrons. The van der Waals surface area contributed by atoms with Gasteiger partial charge in [-0.05, 0) is 54.3 Å². The summed E-state index contributed by atoms with van der Waals surface area (Å²) < 4.78 is 0. The van der Waals surface area contributed by atoms with Gasteiger partial charge in [0.2, 0.25) is 0 Å². The molecule has 2 aromatic rings. The van der Waals surface area contributed by atoms with Gasteiger partial charge in [0.1, 0.15) is 0 Å². The van der Waals surface area contributed by atoms with Crippen LogP contribution in [0.1, 0.15) is 24.3 Å². The molecule has 3 atom stereocenters. The van der Waals surface area contributed by atoms with E-state index < -0.39 is 0 Å². The zero-order chi connectivity index (χ0) is 18.1. The summed E-state index contributed by atoms with van der Waals surface area (Å²) in [5.74, 6) is 0.525. The van der Waals surface area contributed by atoms with Crippen LogP contribution in [0.4, 0.5) is 0 Å². The molecule has 2 fully saturated rings. The first kappa shape index (κ1) is 18.3. The second-order valence-corrected chi connectivity index (χ2v) is 8.34. The Morgan fingerprint density at radius 2 is 1.96 bits per heavy atom. The fourth-order valence-electron chi connectivity index (χ4n) is 3.91. The second-order valence-electron chi connectivity index (χ2n) is 7.50. The van der Waals surface area contributed by atoms with E-state index in [-0.39, 0.29) is 0 Å². The van der Waals surface area contributed by atoms with Gasteiger partial charge in [-0.1, -0.05) is 47.5 Å². The molecular formula is C21H25Cl2N3. The third-order valence-corrected chi connectivity index (χ3v) is 6.05. The van der Waals surface area contributed by atoms with Gasteiger partial charge in [-0.25, -0.2) is 0 Å². The van der Waals surface area contributed by atoms with Gasteiger partial charge in [-0.2, -0.15) is 0 Å². The molecule has 2 aliphatic rings. The largest absolute Gasteiger partial charge is 0.326 e. The minimum Gasteiger partial charge on any atom is -0.326 e. The van der Waals surface area contributed by atoms with Crippen molar-refractivity contribution < 1.29 is 0 Å². The maximum atomic E-state index is 6.59. The van der Waals surface area contributed by atoms with Crippen LogP contribution in [0.2, 0.25) is 10.0 Å². The lowest BCUT2D eigenvalue weighted by Crippen LogP contribution is -2.33. The van der Waals surface area contributed by atoms with Crippen LogP contribution < -0.4 is 11.1 Å². The molecule has 4 rings (SSSR count). The van der Waals surface area contributed by atoms with E-state index in [0.717, 1.165) is 60.2 Å². The number of rotatable bonds is 6. The first-order valence-electron chi connectivity index (χ1n) is 9.37. The normalized spacial score (nSPS) is 25.6. The molecule has 1 saturated carbocycles. The highest BCUT2D eigenvalue weighted by atomic mass is 35.5. The summed E-state index contributed by atoms with van der Waals surface area (Å²) in [5.41, 5.74) is 9.42. The van der Waals surface area contributed by atoms with Crippen LogP contribution in [0.25, 0.3) is 11.1 Å². The van der Waals surface area contributed by atoms with Crippen LogP contribution in [-0.2, 0) is 0 Å². The summed E-state index contributed by atoms with van der Waals surface area (Å²) in [6.45, 7) is 4.27. The monoisotopic (exact) mass is 389 g/mol. The van der Waals surface area contributed by atoms with Crippen molar-refractivity contribution in [3.63, 3.8) is 0 Å². The van der Waals surface area contributed by atoms with Crippen molar-refractivity contribution >= 4 is 23.2 Å². The van der Waals surface area contributed by atoms with Gasteiger partial charge >= 0.3 is 0 Å². The summed E-state index contributed by atoms with van der Waals surface area (Å²) in [5, 5.41) is 5.26. The van der Waals surface area contributed by atoms with Gasteiger partial charge in [0.25, 0.3) is 0 Å². The average Bonchev–Trinajstić information content (AvgIpc) is 3.26. The van der Waals surface area contributed by atoms with E-state index in [1.807, 2.05) is 18.2 Å². The zero-order valence-electron chi connectivity index (χ0n) is 14.8. The molecule has 5 heteroatoms. The summed E-state index contributed by atoms with van der Waals surface area (Å²) in [6.07, 6.45) is 2.29. The molecule has 26 heavy (non-hydrogen) atoms. The second kappa shape index (κ2) is 7.87. The van der Waals surface area contributed by atoms with E-state index in [2.05, 4.69) is 34.5 Å². The van der Waals surface area contributed by atoms with E-state index in [4.69, 9.17) is 28.9 Å². The molecule has 0 bridgehead atoms. The van der Waals surface area contributed by atoms with Gasteiger partial charge in [0.05, 0.1) is 0 Å². The number of nitrogens with zero attached hydrogens (tertiary/aromatic N) is 1.